The predicted octanol–water partition coefficient (Wildman–Crippen LogP) is 2.59. The Balaban J connectivity index is 2.00. The third-order valence-electron chi connectivity index (χ3n) is 2.83. The van der Waals surface area contributed by atoms with E-state index in [4.69, 9.17) is 5.84 Å². The maximum Gasteiger partial charge on any atom is 0.0559 e. The maximum absolute atomic E-state index is 5.63. The molecular weight excluding hydrogens is 230 g/mol. The van der Waals surface area contributed by atoms with Crippen molar-refractivity contribution in [2.45, 2.75) is 25.8 Å². The maximum atomic E-state index is 5.63. The predicted molar refractivity (Wildman–Crippen MR) is 71.7 cm³/mol. The van der Waals surface area contributed by atoms with Crippen LogP contribution in [0.25, 0.3) is 0 Å². The number of nitrogens with two attached hydrogens (primary N) is 1. The summed E-state index contributed by atoms with van der Waals surface area (Å²) in [5, 5.41) is 2.11. The summed E-state index contributed by atoms with van der Waals surface area (Å²) in [5.74, 6) is 5.63. The molecular formula is C13H17N3S. The molecule has 3 nitrogen and oxygen atoms in total. The lowest BCUT2D eigenvalue weighted by Gasteiger charge is -2.15. The number of aromatic nitrogens is 1. The average Bonchev–Trinajstić information content (AvgIpc) is 2.78. The number of pyridine rings is 1. The molecule has 0 radical (unpaired) electrons. The Kier molecular flexibility index (Phi) is 4.25. The Labute approximate surface area is 106 Å². The van der Waals surface area contributed by atoms with E-state index in [1.165, 1.54) is 10.4 Å². The van der Waals surface area contributed by atoms with Gasteiger partial charge in [-0.1, -0.05) is 6.07 Å². The van der Waals surface area contributed by atoms with Gasteiger partial charge in [-0.2, -0.15) is 0 Å². The third-order valence-corrected chi connectivity index (χ3v) is 3.97. The van der Waals surface area contributed by atoms with Gasteiger partial charge in [-0.25, -0.2) is 0 Å². The van der Waals surface area contributed by atoms with E-state index in [0.29, 0.717) is 0 Å². The lowest BCUT2D eigenvalue weighted by molar-refractivity contribution is 0.519. The average molecular weight is 247 g/mol. The first-order valence-electron chi connectivity index (χ1n) is 5.71. The molecule has 3 N–H and O–H groups in total. The van der Waals surface area contributed by atoms with E-state index in [-0.39, 0.29) is 6.04 Å². The number of nitrogens with one attached hydrogen (secondary N) is 1. The third kappa shape index (κ3) is 3.12. The summed E-state index contributed by atoms with van der Waals surface area (Å²) >= 11 is 1.75. The van der Waals surface area contributed by atoms with Crippen LogP contribution in [0.2, 0.25) is 0 Å². The van der Waals surface area contributed by atoms with Crippen molar-refractivity contribution in [1.29, 1.82) is 0 Å². The molecule has 0 aliphatic heterocycles. The fourth-order valence-corrected chi connectivity index (χ4v) is 2.89. The molecule has 0 bridgehead atoms. The van der Waals surface area contributed by atoms with Crippen LogP contribution in [0.1, 0.15) is 28.6 Å². The Morgan fingerprint density at radius 2 is 2.29 bits per heavy atom. The zero-order chi connectivity index (χ0) is 12.1. The van der Waals surface area contributed by atoms with E-state index >= 15 is 0 Å². The lowest BCUT2D eigenvalue weighted by atomic mass is 10.1. The van der Waals surface area contributed by atoms with Crippen molar-refractivity contribution in [2.24, 2.45) is 5.84 Å². The van der Waals surface area contributed by atoms with Crippen LogP contribution in [0.3, 0.4) is 0 Å². The molecule has 0 saturated heterocycles. The zero-order valence-electron chi connectivity index (χ0n) is 9.89. The van der Waals surface area contributed by atoms with Gasteiger partial charge in [0.05, 0.1) is 6.04 Å². The first kappa shape index (κ1) is 12.2. The fraction of sp³-hybridized carbons (Fsp3) is 0.308. The number of aryl methyl sites for hydroxylation is 2. The lowest BCUT2D eigenvalue weighted by Crippen LogP contribution is -2.28. The van der Waals surface area contributed by atoms with Gasteiger partial charge in [-0.3, -0.25) is 16.3 Å². The van der Waals surface area contributed by atoms with Gasteiger partial charge in [0.25, 0.3) is 0 Å². The molecule has 1 unspecified atom stereocenters. The minimum atomic E-state index is 0.219. The molecule has 0 saturated carbocycles. The van der Waals surface area contributed by atoms with Crippen LogP contribution in [-0.4, -0.2) is 4.98 Å². The normalized spacial score (nSPS) is 12.6. The van der Waals surface area contributed by atoms with Crippen LogP contribution in [0.5, 0.6) is 0 Å². The minimum absolute atomic E-state index is 0.219. The topological polar surface area (TPSA) is 50.9 Å². The molecule has 0 aliphatic carbocycles. The molecule has 0 amide bonds. The van der Waals surface area contributed by atoms with Crippen molar-refractivity contribution >= 4 is 11.3 Å². The summed E-state index contributed by atoms with van der Waals surface area (Å²) in [6, 6.07) is 8.35. The van der Waals surface area contributed by atoms with Crippen molar-refractivity contribution in [3.63, 3.8) is 0 Å². The molecule has 90 valence electrons. The molecule has 17 heavy (non-hydrogen) atoms. The van der Waals surface area contributed by atoms with Crippen LogP contribution < -0.4 is 11.3 Å². The highest BCUT2D eigenvalue weighted by molar-refractivity contribution is 7.10. The second kappa shape index (κ2) is 5.91. The van der Waals surface area contributed by atoms with Crippen LogP contribution in [0, 0.1) is 6.92 Å². The van der Waals surface area contributed by atoms with Crippen LogP contribution in [0.4, 0.5) is 0 Å². The summed E-state index contributed by atoms with van der Waals surface area (Å²) in [6.07, 6.45) is 3.73. The highest BCUT2D eigenvalue weighted by Crippen LogP contribution is 2.26. The second-order valence-electron chi connectivity index (χ2n) is 4.05. The van der Waals surface area contributed by atoms with Gasteiger partial charge >= 0.3 is 0 Å². The summed E-state index contributed by atoms with van der Waals surface area (Å²) in [5.41, 5.74) is 5.32. The van der Waals surface area contributed by atoms with Gasteiger partial charge in [0.2, 0.25) is 0 Å². The molecule has 4 heteroatoms. The smallest absolute Gasteiger partial charge is 0.0559 e. The van der Waals surface area contributed by atoms with E-state index in [2.05, 4.69) is 34.8 Å². The Hall–Kier alpha value is -1.23. The number of thiophene rings is 1. The van der Waals surface area contributed by atoms with E-state index < -0.39 is 0 Å². The van der Waals surface area contributed by atoms with Crippen molar-refractivity contribution in [3.8, 4) is 0 Å². The van der Waals surface area contributed by atoms with Gasteiger partial charge < -0.3 is 0 Å². The first-order valence-corrected chi connectivity index (χ1v) is 6.59. The molecule has 0 fully saturated rings. The van der Waals surface area contributed by atoms with E-state index in [0.717, 1.165) is 18.5 Å². The number of nitrogens with zero attached hydrogens (tertiary/aromatic N) is 1. The van der Waals surface area contributed by atoms with E-state index in [1.807, 2.05) is 18.3 Å². The molecule has 2 rings (SSSR count). The van der Waals surface area contributed by atoms with Crippen molar-refractivity contribution < 1.29 is 0 Å². The van der Waals surface area contributed by atoms with Crippen LogP contribution >= 0.6 is 11.3 Å². The van der Waals surface area contributed by atoms with Crippen LogP contribution in [0.15, 0.2) is 35.8 Å². The Morgan fingerprint density at radius 1 is 1.41 bits per heavy atom. The molecule has 2 aromatic rings. The number of hydrogen-bond donors (Lipinski definition) is 2. The van der Waals surface area contributed by atoms with Crippen LogP contribution in [-0.2, 0) is 6.42 Å². The Morgan fingerprint density at radius 3 is 2.88 bits per heavy atom. The molecule has 0 aromatic carbocycles. The Bertz CT molecular complexity index is 453. The highest BCUT2D eigenvalue weighted by atomic mass is 32.1. The second-order valence-corrected chi connectivity index (χ2v) is 4.99. The summed E-state index contributed by atoms with van der Waals surface area (Å²) < 4.78 is 0. The SMILES string of the molecule is Cc1ccsc1C(CCc1ccccn1)NN. The first-order chi connectivity index (χ1) is 8.31. The van der Waals surface area contributed by atoms with Crippen molar-refractivity contribution in [3.05, 3.63) is 52.0 Å². The fourth-order valence-electron chi connectivity index (χ4n) is 1.87. The zero-order valence-corrected chi connectivity index (χ0v) is 10.7. The van der Waals surface area contributed by atoms with Crippen molar-refractivity contribution in [2.75, 3.05) is 0 Å². The van der Waals surface area contributed by atoms with Gasteiger partial charge in [0, 0.05) is 16.8 Å². The summed E-state index contributed by atoms with van der Waals surface area (Å²) in [7, 11) is 0. The quantitative estimate of drug-likeness (QED) is 0.630. The summed E-state index contributed by atoms with van der Waals surface area (Å²) in [4.78, 5) is 5.65. The number of hydrogen-bond acceptors (Lipinski definition) is 4. The van der Waals surface area contributed by atoms with Crippen molar-refractivity contribution in [1.82, 2.24) is 10.4 Å². The molecule has 2 aromatic heterocycles. The largest absolute Gasteiger partial charge is 0.271 e. The standard InChI is InChI=1S/C13H17N3S/c1-10-7-9-17-13(10)12(16-14)6-5-11-4-2-3-8-15-11/h2-4,7-9,12,16H,5-6,14H2,1H3. The number of rotatable bonds is 5. The molecule has 0 spiro atoms. The molecule has 1 atom stereocenters. The van der Waals surface area contributed by atoms with E-state index in [9.17, 15) is 0 Å². The highest BCUT2D eigenvalue weighted by Gasteiger charge is 2.13. The summed E-state index contributed by atoms with van der Waals surface area (Å²) in [6.45, 7) is 2.12. The van der Waals surface area contributed by atoms with Gasteiger partial charge in [-0.05, 0) is 48.9 Å². The van der Waals surface area contributed by atoms with Gasteiger partial charge in [0.15, 0.2) is 0 Å². The number of hydrazine groups is 1. The monoisotopic (exact) mass is 247 g/mol. The van der Waals surface area contributed by atoms with E-state index in [1.54, 1.807) is 11.3 Å². The minimum Gasteiger partial charge on any atom is -0.271 e. The molecule has 2 heterocycles. The van der Waals surface area contributed by atoms with Gasteiger partial charge in [0.1, 0.15) is 0 Å². The molecule has 0 aliphatic rings. The van der Waals surface area contributed by atoms with Gasteiger partial charge in [-0.15, -0.1) is 11.3 Å².